The van der Waals surface area contributed by atoms with Crippen LogP contribution in [0.25, 0.3) is 21.3 Å². The van der Waals surface area contributed by atoms with Gasteiger partial charge in [-0.15, -0.1) is 36.2 Å². The summed E-state index contributed by atoms with van der Waals surface area (Å²) in [5.74, 6) is 1.17. The molecular weight excluding hydrogens is 447 g/mol. The molecular formula is C24H32Cl2N4S. The monoisotopic (exact) mass is 478 g/mol. The van der Waals surface area contributed by atoms with Gasteiger partial charge in [-0.25, -0.2) is 4.98 Å². The van der Waals surface area contributed by atoms with Gasteiger partial charge in [0.25, 0.3) is 0 Å². The van der Waals surface area contributed by atoms with E-state index in [4.69, 9.17) is 4.98 Å². The summed E-state index contributed by atoms with van der Waals surface area (Å²) in [5, 5.41) is 3.51. The van der Waals surface area contributed by atoms with Gasteiger partial charge in [-0.2, -0.15) is 0 Å². The summed E-state index contributed by atoms with van der Waals surface area (Å²) in [6.07, 6.45) is 2.69. The van der Waals surface area contributed by atoms with Crippen LogP contribution in [-0.2, 0) is 6.54 Å². The molecule has 0 bridgehead atoms. The van der Waals surface area contributed by atoms with Gasteiger partial charge in [0.2, 0.25) is 0 Å². The molecule has 2 aliphatic heterocycles. The highest BCUT2D eigenvalue weighted by atomic mass is 35.5. The van der Waals surface area contributed by atoms with Gasteiger partial charge in [-0.05, 0) is 60.9 Å². The molecule has 4 nitrogen and oxygen atoms in total. The van der Waals surface area contributed by atoms with E-state index >= 15 is 0 Å². The summed E-state index contributed by atoms with van der Waals surface area (Å²) in [4.78, 5) is 12.7. The van der Waals surface area contributed by atoms with Gasteiger partial charge in [0.05, 0.1) is 10.4 Å². The van der Waals surface area contributed by atoms with Crippen LogP contribution in [0.5, 0.6) is 0 Å². The first kappa shape index (κ1) is 24.3. The highest BCUT2D eigenvalue weighted by Crippen LogP contribution is 2.34. The van der Waals surface area contributed by atoms with Crippen molar-refractivity contribution in [1.82, 2.24) is 14.8 Å². The van der Waals surface area contributed by atoms with Crippen LogP contribution in [0.15, 0.2) is 41.8 Å². The van der Waals surface area contributed by atoms with E-state index in [0.717, 1.165) is 45.0 Å². The predicted octanol–water partition coefficient (Wildman–Crippen LogP) is 5.54. The molecule has 5 rings (SSSR count). The molecule has 0 spiro atoms. The summed E-state index contributed by atoms with van der Waals surface area (Å²) in [6, 6.07) is 13.6. The van der Waals surface area contributed by atoms with Crippen LogP contribution >= 0.6 is 36.2 Å². The molecule has 0 saturated carbocycles. The molecule has 4 heterocycles. The number of pyridine rings is 1. The van der Waals surface area contributed by atoms with Crippen LogP contribution in [0.2, 0.25) is 0 Å². The Labute approximate surface area is 202 Å². The van der Waals surface area contributed by atoms with E-state index in [1.807, 2.05) is 11.3 Å². The molecule has 0 radical (unpaired) electrons. The van der Waals surface area contributed by atoms with E-state index in [1.54, 1.807) is 0 Å². The molecule has 0 N–H and O–H groups in total. The summed E-state index contributed by atoms with van der Waals surface area (Å²) >= 11 is 1.81. The topological polar surface area (TPSA) is 22.6 Å². The molecule has 7 heteroatoms. The highest BCUT2D eigenvalue weighted by molar-refractivity contribution is 7.17. The van der Waals surface area contributed by atoms with E-state index in [-0.39, 0.29) is 24.8 Å². The van der Waals surface area contributed by atoms with Gasteiger partial charge in [0.1, 0.15) is 5.82 Å². The molecule has 3 aromatic rings. The first-order valence-electron chi connectivity index (χ1n) is 11.0. The minimum absolute atomic E-state index is 0. The molecule has 0 amide bonds. The van der Waals surface area contributed by atoms with Crippen LogP contribution in [0, 0.1) is 0 Å². The Bertz CT molecular complexity index is 961. The van der Waals surface area contributed by atoms with Crippen molar-refractivity contribution in [3.8, 4) is 11.3 Å². The number of aromatic nitrogens is 1. The van der Waals surface area contributed by atoms with Crippen molar-refractivity contribution < 1.29 is 0 Å². The number of benzene rings is 1. The van der Waals surface area contributed by atoms with Crippen LogP contribution in [0.4, 0.5) is 5.82 Å². The number of anilines is 1. The second-order valence-electron chi connectivity index (χ2n) is 8.27. The minimum atomic E-state index is 0. The number of likely N-dealkylation sites (tertiary alicyclic amines) is 1. The number of likely N-dealkylation sites (N-methyl/N-ethyl adjacent to an activating group) is 1. The predicted molar refractivity (Wildman–Crippen MR) is 138 cm³/mol. The minimum Gasteiger partial charge on any atom is -0.353 e. The highest BCUT2D eigenvalue weighted by Gasteiger charge is 2.20. The Morgan fingerprint density at radius 3 is 2.26 bits per heavy atom. The molecule has 0 atom stereocenters. The fourth-order valence-electron chi connectivity index (χ4n) is 4.58. The Kier molecular flexibility index (Phi) is 8.59. The Morgan fingerprint density at radius 2 is 1.58 bits per heavy atom. The number of hydrogen-bond acceptors (Lipinski definition) is 5. The molecule has 0 aliphatic carbocycles. The zero-order valence-electron chi connectivity index (χ0n) is 18.1. The van der Waals surface area contributed by atoms with Crippen molar-refractivity contribution >= 4 is 52.1 Å². The molecule has 0 unspecified atom stereocenters. The number of nitrogens with zero attached hydrogens (tertiary/aromatic N) is 4. The molecule has 168 valence electrons. The maximum Gasteiger partial charge on any atom is 0.147 e. The average Bonchev–Trinajstić information content (AvgIpc) is 3.45. The molecule has 31 heavy (non-hydrogen) atoms. The van der Waals surface area contributed by atoms with Gasteiger partial charge in [-0.3, -0.25) is 4.90 Å². The van der Waals surface area contributed by atoms with Crippen molar-refractivity contribution in [2.45, 2.75) is 26.3 Å². The molecule has 2 fully saturated rings. The summed E-state index contributed by atoms with van der Waals surface area (Å²) in [5.41, 5.74) is 3.72. The first-order valence-corrected chi connectivity index (χ1v) is 11.9. The van der Waals surface area contributed by atoms with Crippen LogP contribution in [0.3, 0.4) is 0 Å². The lowest BCUT2D eigenvalue weighted by Crippen LogP contribution is -2.46. The lowest BCUT2D eigenvalue weighted by molar-refractivity contribution is 0.271. The van der Waals surface area contributed by atoms with E-state index in [0.29, 0.717) is 0 Å². The number of thiophene rings is 1. The lowest BCUT2D eigenvalue weighted by Gasteiger charge is -2.35. The van der Waals surface area contributed by atoms with Gasteiger partial charge in [-0.1, -0.05) is 31.2 Å². The van der Waals surface area contributed by atoms with E-state index < -0.39 is 0 Å². The Morgan fingerprint density at radius 1 is 0.871 bits per heavy atom. The maximum atomic E-state index is 5.16. The van der Waals surface area contributed by atoms with Crippen molar-refractivity contribution in [2.24, 2.45) is 0 Å². The summed E-state index contributed by atoms with van der Waals surface area (Å²) in [7, 11) is 0. The van der Waals surface area contributed by atoms with Gasteiger partial charge in [0, 0.05) is 38.3 Å². The Balaban J connectivity index is 0.00000136. The number of hydrogen-bond donors (Lipinski definition) is 0. The fraction of sp³-hybridized carbons (Fsp3) is 0.458. The first-order chi connectivity index (χ1) is 14.3. The van der Waals surface area contributed by atoms with Crippen molar-refractivity contribution in [3.05, 3.63) is 47.3 Å². The summed E-state index contributed by atoms with van der Waals surface area (Å²) < 4.78 is 1.32. The van der Waals surface area contributed by atoms with Gasteiger partial charge < -0.3 is 9.80 Å². The largest absolute Gasteiger partial charge is 0.353 e. The fourth-order valence-corrected chi connectivity index (χ4v) is 5.47. The van der Waals surface area contributed by atoms with E-state index in [1.165, 1.54) is 53.0 Å². The number of halogens is 2. The quantitative estimate of drug-likeness (QED) is 0.479. The van der Waals surface area contributed by atoms with Gasteiger partial charge in [0.15, 0.2) is 0 Å². The smallest absolute Gasteiger partial charge is 0.147 e. The zero-order chi connectivity index (χ0) is 19.6. The Hall–Kier alpha value is -1.37. The second-order valence-corrected chi connectivity index (χ2v) is 9.19. The third kappa shape index (κ3) is 5.35. The zero-order valence-corrected chi connectivity index (χ0v) is 20.6. The maximum absolute atomic E-state index is 5.16. The average molecular weight is 480 g/mol. The van der Waals surface area contributed by atoms with Crippen molar-refractivity contribution in [3.63, 3.8) is 0 Å². The van der Waals surface area contributed by atoms with Gasteiger partial charge >= 0.3 is 0 Å². The van der Waals surface area contributed by atoms with Crippen LogP contribution < -0.4 is 4.90 Å². The number of fused-ring (bicyclic) bond motifs is 1. The van der Waals surface area contributed by atoms with Crippen LogP contribution in [-0.4, -0.2) is 60.6 Å². The molecule has 2 aromatic heterocycles. The number of rotatable bonds is 5. The van der Waals surface area contributed by atoms with Crippen LogP contribution in [0.1, 0.15) is 25.3 Å². The molecule has 2 saturated heterocycles. The van der Waals surface area contributed by atoms with E-state index in [2.05, 4.69) is 63.4 Å². The summed E-state index contributed by atoms with van der Waals surface area (Å²) in [6.45, 7) is 11.3. The number of piperazine rings is 1. The lowest BCUT2D eigenvalue weighted by atomic mass is 10.1. The molecule has 2 aliphatic rings. The third-order valence-corrected chi connectivity index (χ3v) is 7.32. The molecule has 1 aromatic carbocycles. The second kappa shape index (κ2) is 11.0. The normalized spacial score (nSPS) is 17.5. The van der Waals surface area contributed by atoms with E-state index in [9.17, 15) is 0 Å². The van der Waals surface area contributed by atoms with Crippen molar-refractivity contribution in [1.29, 1.82) is 0 Å². The standard InChI is InChI=1S/C24H30N4S.2ClH/c1-2-26-12-14-28(15-13-26)24-23-21(9-16-29-23)17-22(25-24)20-7-5-19(6-8-20)18-27-10-3-4-11-27;;/h5-9,16-17H,2-4,10-15,18H2,1H3;2*1H. The third-order valence-electron chi connectivity index (χ3n) is 6.39. The SMILES string of the molecule is CCN1CCN(c2nc(-c3ccc(CN4CCCC4)cc3)cc3ccsc23)CC1.Cl.Cl. The van der Waals surface area contributed by atoms with Crippen molar-refractivity contribution in [2.75, 3.05) is 50.7 Å².